The first-order valence-corrected chi connectivity index (χ1v) is 6.55. The van der Waals surface area contributed by atoms with E-state index >= 15 is 0 Å². The average Bonchev–Trinajstić information content (AvgIpc) is 2.15. The van der Waals surface area contributed by atoms with Crippen LogP contribution in [0.1, 0.15) is 16.7 Å². The molecule has 0 heterocycles. The molecule has 16 heavy (non-hydrogen) atoms. The van der Waals surface area contributed by atoms with E-state index in [2.05, 4.69) is 63.2 Å². The summed E-state index contributed by atoms with van der Waals surface area (Å²) in [7, 11) is 0.766. The molecule has 0 spiro atoms. The maximum Gasteiger partial charge on any atom is -0.0221 e. The summed E-state index contributed by atoms with van der Waals surface area (Å²) >= 11 is 0. The highest BCUT2D eigenvalue weighted by Crippen LogP contribution is 2.14. The van der Waals surface area contributed by atoms with Crippen molar-refractivity contribution in [2.45, 2.75) is 20.8 Å². The lowest BCUT2D eigenvalue weighted by Crippen LogP contribution is -2.04. The molecule has 0 radical (unpaired) electrons. The predicted molar refractivity (Wildman–Crippen MR) is 74.7 cm³/mol. The molecule has 0 aliphatic heterocycles. The van der Waals surface area contributed by atoms with Crippen molar-refractivity contribution in [2.24, 2.45) is 0 Å². The zero-order chi connectivity index (χ0) is 11.5. The van der Waals surface area contributed by atoms with E-state index in [1.165, 1.54) is 27.3 Å². The first kappa shape index (κ1) is 11.4. The van der Waals surface area contributed by atoms with Crippen molar-refractivity contribution in [2.75, 3.05) is 0 Å². The molecule has 0 N–H and O–H groups in total. The number of benzene rings is 2. The Balaban J connectivity index is 2.27. The Bertz CT molecular complexity index is 480. The number of hydrogen-bond donors (Lipinski definition) is 0. The van der Waals surface area contributed by atoms with Gasteiger partial charge in [-0.2, -0.15) is 0 Å². The second-order valence-corrected chi connectivity index (χ2v) is 5.78. The van der Waals surface area contributed by atoms with Crippen LogP contribution >= 0.6 is 8.58 Å². The Labute approximate surface area is 99.5 Å². The molecular weight excluding hydrogens is 211 g/mol. The van der Waals surface area contributed by atoms with Gasteiger partial charge in [-0.25, -0.2) is 0 Å². The first-order chi connectivity index (χ1) is 7.63. The fraction of sp³-hybridized carbons (Fsp3) is 0.200. The van der Waals surface area contributed by atoms with Gasteiger partial charge in [-0.05, 0) is 31.4 Å². The van der Waals surface area contributed by atoms with Gasteiger partial charge in [-0.3, -0.25) is 0 Å². The van der Waals surface area contributed by atoms with Crippen molar-refractivity contribution in [1.82, 2.24) is 0 Å². The molecule has 0 aliphatic carbocycles. The standard InChI is InChI=1S/C15H17P/c1-11-5-4-6-14(8-11)16-15-9-12(2)7-13(3)10-15/h4-10,16H,1-3H3. The van der Waals surface area contributed by atoms with Gasteiger partial charge in [-0.1, -0.05) is 67.7 Å². The lowest BCUT2D eigenvalue weighted by molar-refractivity contribution is 1.41. The fourth-order valence-electron chi connectivity index (χ4n) is 1.94. The van der Waals surface area contributed by atoms with Gasteiger partial charge in [0.15, 0.2) is 0 Å². The van der Waals surface area contributed by atoms with Crippen molar-refractivity contribution >= 4 is 19.2 Å². The van der Waals surface area contributed by atoms with E-state index in [-0.39, 0.29) is 0 Å². The molecule has 0 saturated heterocycles. The summed E-state index contributed by atoms with van der Waals surface area (Å²) in [4.78, 5) is 0. The maximum absolute atomic E-state index is 2.29. The van der Waals surface area contributed by atoms with Gasteiger partial charge in [0, 0.05) is 0 Å². The Morgan fingerprint density at radius 1 is 0.688 bits per heavy atom. The van der Waals surface area contributed by atoms with Gasteiger partial charge in [-0.15, -0.1) is 0 Å². The predicted octanol–water partition coefficient (Wildman–Crippen LogP) is 3.24. The minimum absolute atomic E-state index is 0.766. The summed E-state index contributed by atoms with van der Waals surface area (Å²) in [6, 6.07) is 15.6. The van der Waals surface area contributed by atoms with Gasteiger partial charge >= 0.3 is 0 Å². The molecule has 1 heteroatoms. The van der Waals surface area contributed by atoms with Gasteiger partial charge in [0.1, 0.15) is 0 Å². The minimum Gasteiger partial charge on any atom is -0.0614 e. The molecule has 1 unspecified atom stereocenters. The molecule has 0 bridgehead atoms. The van der Waals surface area contributed by atoms with Crippen LogP contribution in [0.25, 0.3) is 0 Å². The molecule has 1 atom stereocenters. The Kier molecular flexibility index (Phi) is 3.41. The summed E-state index contributed by atoms with van der Waals surface area (Å²) in [5.74, 6) is 0. The summed E-state index contributed by atoms with van der Waals surface area (Å²) < 4.78 is 0. The van der Waals surface area contributed by atoms with Crippen LogP contribution in [0, 0.1) is 20.8 Å². The zero-order valence-electron chi connectivity index (χ0n) is 10.0. The highest BCUT2D eigenvalue weighted by atomic mass is 31.1. The Morgan fingerprint density at radius 2 is 1.31 bits per heavy atom. The van der Waals surface area contributed by atoms with Gasteiger partial charge in [0.05, 0.1) is 0 Å². The van der Waals surface area contributed by atoms with E-state index in [4.69, 9.17) is 0 Å². The van der Waals surface area contributed by atoms with E-state index in [0.717, 1.165) is 8.58 Å². The Hall–Kier alpha value is -1.13. The maximum atomic E-state index is 2.29. The number of rotatable bonds is 2. The van der Waals surface area contributed by atoms with Crippen LogP contribution in [0.5, 0.6) is 0 Å². The molecule has 0 amide bonds. The van der Waals surface area contributed by atoms with Crippen molar-refractivity contribution in [3.8, 4) is 0 Å². The van der Waals surface area contributed by atoms with Crippen LogP contribution in [0.3, 0.4) is 0 Å². The largest absolute Gasteiger partial charge is 0.0614 e. The van der Waals surface area contributed by atoms with E-state index in [1.807, 2.05) is 0 Å². The molecule has 0 saturated carbocycles. The first-order valence-electron chi connectivity index (χ1n) is 5.55. The molecule has 82 valence electrons. The van der Waals surface area contributed by atoms with E-state index in [1.54, 1.807) is 0 Å². The van der Waals surface area contributed by atoms with E-state index < -0.39 is 0 Å². The number of aryl methyl sites for hydroxylation is 3. The van der Waals surface area contributed by atoms with Crippen LogP contribution in [-0.4, -0.2) is 0 Å². The summed E-state index contributed by atoms with van der Waals surface area (Å²) in [5.41, 5.74) is 4.06. The minimum atomic E-state index is 0.766. The molecule has 0 aliphatic rings. The third-order valence-electron chi connectivity index (χ3n) is 2.53. The summed E-state index contributed by atoms with van der Waals surface area (Å²) in [6.07, 6.45) is 0. The monoisotopic (exact) mass is 228 g/mol. The van der Waals surface area contributed by atoms with Crippen LogP contribution in [0.4, 0.5) is 0 Å². The van der Waals surface area contributed by atoms with Crippen LogP contribution in [-0.2, 0) is 0 Å². The van der Waals surface area contributed by atoms with Gasteiger partial charge in [0.2, 0.25) is 0 Å². The van der Waals surface area contributed by atoms with Gasteiger partial charge < -0.3 is 0 Å². The quantitative estimate of drug-likeness (QED) is 0.692. The molecule has 2 aromatic carbocycles. The fourth-order valence-corrected chi connectivity index (χ4v) is 3.35. The van der Waals surface area contributed by atoms with Crippen LogP contribution in [0.15, 0.2) is 42.5 Å². The Morgan fingerprint density at radius 3 is 1.94 bits per heavy atom. The van der Waals surface area contributed by atoms with Crippen molar-refractivity contribution in [3.05, 3.63) is 59.2 Å². The highest BCUT2D eigenvalue weighted by molar-refractivity contribution is 7.55. The normalized spacial score (nSPS) is 11.2. The van der Waals surface area contributed by atoms with Crippen molar-refractivity contribution < 1.29 is 0 Å². The molecule has 0 aromatic heterocycles. The van der Waals surface area contributed by atoms with Crippen molar-refractivity contribution in [1.29, 1.82) is 0 Å². The third kappa shape index (κ3) is 2.93. The molecular formula is C15H17P. The van der Waals surface area contributed by atoms with Crippen molar-refractivity contribution in [3.63, 3.8) is 0 Å². The van der Waals surface area contributed by atoms with Crippen LogP contribution in [0.2, 0.25) is 0 Å². The summed E-state index contributed by atoms with van der Waals surface area (Å²) in [6.45, 7) is 6.48. The molecule has 0 fully saturated rings. The number of hydrogen-bond acceptors (Lipinski definition) is 0. The molecule has 0 nitrogen and oxygen atoms in total. The zero-order valence-corrected chi connectivity index (χ0v) is 11.0. The second kappa shape index (κ2) is 4.80. The lowest BCUT2D eigenvalue weighted by Gasteiger charge is -2.06. The topological polar surface area (TPSA) is 0 Å². The highest BCUT2D eigenvalue weighted by Gasteiger charge is 1.98. The van der Waals surface area contributed by atoms with E-state index in [9.17, 15) is 0 Å². The van der Waals surface area contributed by atoms with Gasteiger partial charge in [0.25, 0.3) is 0 Å². The lowest BCUT2D eigenvalue weighted by atomic mass is 10.2. The van der Waals surface area contributed by atoms with E-state index in [0.29, 0.717) is 0 Å². The third-order valence-corrected chi connectivity index (χ3v) is 3.71. The SMILES string of the molecule is Cc1cccc(Pc2cc(C)cc(C)c2)c1. The smallest absolute Gasteiger partial charge is 0.0221 e. The van der Waals surface area contributed by atoms with Crippen LogP contribution < -0.4 is 10.6 Å². The summed E-state index contributed by atoms with van der Waals surface area (Å²) in [5, 5.41) is 2.85. The molecule has 2 aromatic rings. The average molecular weight is 228 g/mol. The second-order valence-electron chi connectivity index (χ2n) is 4.37. The molecule has 2 rings (SSSR count).